The van der Waals surface area contributed by atoms with Crippen LogP contribution in [0.2, 0.25) is 0 Å². The lowest BCUT2D eigenvalue weighted by Gasteiger charge is -2.40. The number of benzene rings is 1. The predicted octanol–water partition coefficient (Wildman–Crippen LogP) is 2.68. The van der Waals surface area contributed by atoms with E-state index in [1.165, 1.54) is 5.56 Å². The Balaban J connectivity index is 0.000000366. The van der Waals surface area contributed by atoms with E-state index in [9.17, 15) is 19.2 Å². The van der Waals surface area contributed by atoms with Crippen LogP contribution in [0.25, 0.3) is 0 Å². The fourth-order valence-electron chi connectivity index (χ4n) is 5.04. The third kappa shape index (κ3) is 9.02. The standard InChI is InChI=1S/C22H32N2O3.C6H8O7/c1-4-12-24-13-10-22(11-14-24,21(25)26-5-2)16-18-15-20(23-27-18)19-9-7-6-8-17(19)3;7-3(8)1-6(13,5(11)12)2-4(9)10/h6-9,18H,4-5,10-16H2,1-3H3;13H,1-2H2,(H,7,8)(H,9,10)(H,11,12). The van der Waals surface area contributed by atoms with Crippen molar-refractivity contribution in [3.05, 3.63) is 35.4 Å². The number of likely N-dealkylation sites (tertiary alicyclic amines) is 1. The highest BCUT2D eigenvalue weighted by atomic mass is 16.6. The van der Waals surface area contributed by atoms with Crippen molar-refractivity contribution >= 4 is 29.6 Å². The van der Waals surface area contributed by atoms with Gasteiger partial charge in [0, 0.05) is 18.4 Å². The number of nitrogens with zero attached hydrogens (tertiary/aromatic N) is 2. The quantitative estimate of drug-likeness (QED) is 0.274. The zero-order valence-corrected chi connectivity index (χ0v) is 23.3. The summed E-state index contributed by atoms with van der Waals surface area (Å²) in [6.45, 7) is 9.59. The number of piperidine rings is 1. The van der Waals surface area contributed by atoms with Crippen LogP contribution < -0.4 is 0 Å². The predicted molar refractivity (Wildman–Crippen MR) is 144 cm³/mol. The Kier molecular flexibility index (Phi) is 12.1. The first kappa shape index (κ1) is 32.7. The average Bonchev–Trinajstić information content (AvgIpc) is 3.33. The molecule has 1 fully saturated rings. The number of carbonyl (C=O) groups excluding carboxylic acids is 1. The topological polar surface area (TPSA) is 183 Å². The molecule has 2 heterocycles. The van der Waals surface area contributed by atoms with E-state index < -0.39 is 41.8 Å². The maximum absolute atomic E-state index is 12.8. The van der Waals surface area contributed by atoms with E-state index in [-0.39, 0.29) is 12.1 Å². The van der Waals surface area contributed by atoms with Crippen LogP contribution in [0.15, 0.2) is 29.4 Å². The average molecular weight is 565 g/mol. The minimum absolute atomic E-state index is 0.0539. The smallest absolute Gasteiger partial charge is 0.336 e. The molecule has 40 heavy (non-hydrogen) atoms. The van der Waals surface area contributed by atoms with Gasteiger partial charge in [-0.05, 0) is 58.3 Å². The Morgan fingerprint density at radius 3 is 2.17 bits per heavy atom. The first-order valence-electron chi connectivity index (χ1n) is 13.4. The summed E-state index contributed by atoms with van der Waals surface area (Å²) in [7, 11) is 0. The van der Waals surface area contributed by atoms with E-state index in [2.05, 4.69) is 36.0 Å². The Morgan fingerprint density at radius 1 is 1.07 bits per heavy atom. The summed E-state index contributed by atoms with van der Waals surface area (Å²) in [5, 5.41) is 38.2. The van der Waals surface area contributed by atoms with E-state index in [1.807, 2.05) is 19.1 Å². The van der Waals surface area contributed by atoms with Gasteiger partial charge in [0.15, 0.2) is 5.60 Å². The van der Waals surface area contributed by atoms with Gasteiger partial charge in [0.05, 0.1) is 30.6 Å². The number of ether oxygens (including phenoxy) is 1. The summed E-state index contributed by atoms with van der Waals surface area (Å²) >= 11 is 0. The second kappa shape index (κ2) is 14.8. The lowest BCUT2D eigenvalue weighted by atomic mass is 9.73. The fourth-order valence-corrected chi connectivity index (χ4v) is 5.04. The van der Waals surface area contributed by atoms with Gasteiger partial charge in [0.2, 0.25) is 0 Å². The summed E-state index contributed by atoms with van der Waals surface area (Å²) in [6, 6.07) is 8.24. The molecule has 0 aromatic heterocycles. The highest BCUT2D eigenvalue weighted by Gasteiger charge is 2.46. The Bertz CT molecular complexity index is 1060. The number of rotatable bonds is 12. The lowest BCUT2D eigenvalue weighted by molar-refractivity contribution is -0.170. The summed E-state index contributed by atoms with van der Waals surface area (Å²) in [4.78, 5) is 51.5. The van der Waals surface area contributed by atoms with Gasteiger partial charge >= 0.3 is 23.9 Å². The molecule has 1 atom stereocenters. The summed E-state index contributed by atoms with van der Waals surface area (Å²) < 4.78 is 5.47. The third-order valence-corrected chi connectivity index (χ3v) is 7.15. The van der Waals surface area contributed by atoms with Crippen LogP contribution in [0.1, 0.15) is 69.9 Å². The van der Waals surface area contributed by atoms with E-state index >= 15 is 0 Å². The molecule has 0 saturated carbocycles. The van der Waals surface area contributed by atoms with Crippen LogP contribution in [0, 0.1) is 12.3 Å². The molecule has 0 radical (unpaired) electrons. The van der Waals surface area contributed by atoms with Gasteiger partial charge in [-0.3, -0.25) is 14.4 Å². The zero-order chi connectivity index (χ0) is 29.9. The second-order valence-electron chi connectivity index (χ2n) is 10.3. The van der Waals surface area contributed by atoms with Crippen molar-refractivity contribution in [1.29, 1.82) is 0 Å². The molecule has 1 saturated heterocycles. The van der Waals surface area contributed by atoms with E-state index in [0.29, 0.717) is 13.0 Å². The summed E-state index contributed by atoms with van der Waals surface area (Å²) in [5.41, 5.74) is 0.149. The van der Waals surface area contributed by atoms with Crippen molar-refractivity contribution in [2.75, 3.05) is 26.2 Å². The number of hydrogen-bond donors (Lipinski definition) is 4. The Hall–Kier alpha value is -3.51. The highest BCUT2D eigenvalue weighted by molar-refractivity contribution is 6.02. The normalized spacial score (nSPS) is 18.5. The van der Waals surface area contributed by atoms with Crippen LogP contribution >= 0.6 is 0 Å². The van der Waals surface area contributed by atoms with E-state index in [0.717, 1.165) is 56.6 Å². The van der Waals surface area contributed by atoms with Crippen molar-refractivity contribution in [2.24, 2.45) is 10.6 Å². The van der Waals surface area contributed by atoms with Gasteiger partial charge in [-0.1, -0.05) is 36.3 Å². The SMILES string of the molecule is CCCN1CCC(CC2CC(c3ccccc3C)=NO2)(C(=O)OCC)CC1.O=C(O)CC(O)(CC(=O)O)C(=O)O. The largest absolute Gasteiger partial charge is 0.481 e. The van der Waals surface area contributed by atoms with Crippen LogP contribution in [0.3, 0.4) is 0 Å². The second-order valence-corrected chi connectivity index (χ2v) is 10.3. The number of aliphatic carboxylic acids is 3. The molecule has 0 bridgehead atoms. The van der Waals surface area contributed by atoms with Gasteiger partial charge in [-0.2, -0.15) is 0 Å². The number of carboxylic acids is 3. The molecule has 222 valence electrons. The lowest BCUT2D eigenvalue weighted by Crippen LogP contribution is -2.47. The van der Waals surface area contributed by atoms with E-state index in [1.54, 1.807) is 0 Å². The van der Waals surface area contributed by atoms with Gasteiger partial charge in [-0.15, -0.1) is 0 Å². The molecular formula is C28H40N2O10. The maximum Gasteiger partial charge on any atom is 0.336 e. The van der Waals surface area contributed by atoms with Crippen LogP contribution in [0.4, 0.5) is 0 Å². The molecule has 0 spiro atoms. The van der Waals surface area contributed by atoms with Crippen LogP contribution in [-0.4, -0.2) is 92.9 Å². The Labute approximate surface area is 233 Å². The molecule has 12 nitrogen and oxygen atoms in total. The number of carboxylic acid groups (broad SMARTS) is 3. The highest BCUT2D eigenvalue weighted by Crippen LogP contribution is 2.40. The Morgan fingerprint density at radius 2 is 1.68 bits per heavy atom. The van der Waals surface area contributed by atoms with Gasteiger partial charge in [0.1, 0.15) is 6.10 Å². The number of carbonyl (C=O) groups is 4. The molecule has 1 aromatic rings. The number of aliphatic hydroxyl groups is 1. The molecule has 0 amide bonds. The monoisotopic (exact) mass is 564 g/mol. The molecule has 2 aliphatic heterocycles. The zero-order valence-electron chi connectivity index (χ0n) is 23.3. The number of hydrogen-bond acceptors (Lipinski definition) is 9. The minimum atomic E-state index is -2.74. The van der Waals surface area contributed by atoms with E-state index in [4.69, 9.17) is 30.0 Å². The molecule has 1 unspecified atom stereocenters. The first-order chi connectivity index (χ1) is 18.9. The van der Waals surface area contributed by atoms with Crippen molar-refractivity contribution in [1.82, 2.24) is 4.90 Å². The van der Waals surface area contributed by atoms with Crippen molar-refractivity contribution < 1.29 is 49.2 Å². The van der Waals surface area contributed by atoms with Gasteiger partial charge in [-0.25, -0.2) is 4.79 Å². The number of esters is 1. The number of oxime groups is 1. The fraction of sp³-hybridized carbons (Fsp3) is 0.607. The molecule has 4 N–H and O–H groups in total. The van der Waals surface area contributed by atoms with Crippen LogP contribution in [-0.2, 0) is 28.8 Å². The van der Waals surface area contributed by atoms with Crippen molar-refractivity contribution in [2.45, 2.75) is 77.4 Å². The van der Waals surface area contributed by atoms with Gasteiger partial charge in [0.25, 0.3) is 0 Å². The molecular weight excluding hydrogens is 524 g/mol. The molecule has 3 rings (SSSR count). The molecule has 2 aliphatic rings. The minimum Gasteiger partial charge on any atom is -0.481 e. The van der Waals surface area contributed by atoms with Crippen molar-refractivity contribution in [3.8, 4) is 0 Å². The molecule has 1 aromatic carbocycles. The summed E-state index contributed by atoms with van der Waals surface area (Å²) in [5.74, 6) is -5.08. The molecule has 0 aliphatic carbocycles. The first-order valence-corrected chi connectivity index (χ1v) is 13.4. The van der Waals surface area contributed by atoms with Gasteiger partial charge < -0.3 is 34.9 Å². The number of aryl methyl sites for hydroxylation is 1. The van der Waals surface area contributed by atoms with Crippen molar-refractivity contribution in [3.63, 3.8) is 0 Å². The maximum atomic E-state index is 12.8. The third-order valence-electron chi connectivity index (χ3n) is 7.15. The van der Waals surface area contributed by atoms with Crippen LogP contribution in [0.5, 0.6) is 0 Å². The summed E-state index contributed by atoms with van der Waals surface area (Å²) in [6.07, 6.45) is 1.92. The molecule has 12 heteroatoms.